The summed E-state index contributed by atoms with van der Waals surface area (Å²) in [6.07, 6.45) is 5.60. The Bertz CT molecular complexity index is 450. The minimum Gasteiger partial charge on any atom is -0.377 e. The molecule has 0 aromatic heterocycles. The summed E-state index contributed by atoms with van der Waals surface area (Å²) in [4.78, 5) is 14.8. The van der Waals surface area contributed by atoms with Gasteiger partial charge in [0.05, 0.1) is 18.1 Å². The van der Waals surface area contributed by atoms with E-state index in [-0.39, 0.29) is 24.0 Å². The summed E-state index contributed by atoms with van der Waals surface area (Å²) in [6, 6.07) is 0. The molecule has 2 heterocycles. The van der Waals surface area contributed by atoms with Crippen molar-refractivity contribution >= 4 is 5.78 Å². The lowest BCUT2D eigenvalue weighted by Gasteiger charge is -2.24. The van der Waals surface area contributed by atoms with Gasteiger partial charge in [-0.3, -0.25) is 4.79 Å². The quantitative estimate of drug-likeness (QED) is 0.675. The van der Waals surface area contributed by atoms with Crippen molar-refractivity contribution in [3.8, 4) is 0 Å². The Morgan fingerprint density at radius 1 is 1.16 bits per heavy atom. The minimum atomic E-state index is -0.532. The summed E-state index contributed by atoms with van der Waals surface area (Å²) in [6.45, 7) is 6.06. The maximum Gasteiger partial charge on any atom is 0.166 e. The molecule has 4 aliphatic rings. The topological polar surface area (TPSA) is 38.8 Å². The molecule has 0 aromatic carbocycles. The summed E-state index contributed by atoms with van der Waals surface area (Å²) < 4.78 is 11.9. The van der Waals surface area contributed by atoms with Gasteiger partial charge in [-0.1, -0.05) is 0 Å². The van der Waals surface area contributed by atoms with Crippen LogP contribution in [0.3, 0.4) is 0 Å². The zero-order valence-electron chi connectivity index (χ0n) is 11.6. The zero-order valence-corrected chi connectivity index (χ0v) is 11.6. The van der Waals surface area contributed by atoms with E-state index in [4.69, 9.17) is 9.47 Å². The van der Waals surface area contributed by atoms with Gasteiger partial charge in [0.2, 0.25) is 0 Å². The van der Waals surface area contributed by atoms with Crippen molar-refractivity contribution in [3.63, 3.8) is 0 Å². The van der Waals surface area contributed by atoms with E-state index in [0.717, 1.165) is 25.1 Å². The second-order valence-corrected chi connectivity index (χ2v) is 6.71. The molecule has 2 aliphatic carbocycles. The molecule has 104 valence electrons. The van der Waals surface area contributed by atoms with Gasteiger partial charge < -0.3 is 14.4 Å². The molecule has 4 fully saturated rings. The van der Waals surface area contributed by atoms with Gasteiger partial charge in [-0.15, -0.1) is 0 Å². The molecule has 2 aliphatic heterocycles. The molecule has 0 amide bonds. The number of Topliss-reactive ketones (excluding diaryl/α,β-unsaturated/α-hetero) is 1. The third kappa shape index (κ3) is 1.69. The maximum atomic E-state index is 12.5. The van der Waals surface area contributed by atoms with E-state index in [1.165, 1.54) is 12.8 Å². The van der Waals surface area contributed by atoms with Gasteiger partial charge in [0.15, 0.2) is 11.6 Å². The van der Waals surface area contributed by atoms with Crippen molar-refractivity contribution in [1.29, 1.82) is 0 Å². The van der Waals surface area contributed by atoms with E-state index in [1.54, 1.807) is 0 Å². The van der Waals surface area contributed by atoms with Crippen LogP contribution in [0.4, 0.5) is 0 Å². The summed E-state index contributed by atoms with van der Waals surface area (Å²) in [5.74, 6) is 0.0604. The Kier molecular flexibility index (Phi) is 2.40. The van der Waals surface area contributed by atoms with Crippen LogP contribution < -0.4 is 0 Å². The molecule has 2 saturated heterocycles. The first-order valence-electron chi connectivity index (χ1n) is 7.41. The molecule has 4 nitrogen and oxygen atoms in total. The Balaban J connectivity index is 1.61. The van der Waals surface area contributed by atoms with Crippen LogP contribution in [0.25, 0.3) is 0 Å². The first kappa shape index (κ1) is 11.9. The van der Waals surface area contributed by atoms with Gasteiger partial charge in [-0.05, 0) is 33.1 Å². The average molecular weight is 263 g/mol. The lowest BCUT2D eigenvalue weighted by atomic mass is 9.89. The second kappa shape index (κ2) is 3.83. The lowest BCUT2D eigenvalue weighted by Crippen LogP contribution is -2.36. The van der Waals surface area contributed by atoms with E-state index in [9.17, 15) is 4.79 Å². The number of hydrogen-bond acceptors (Lipinski definition) is 4. The highest BCUT2D eigenvalue weighted by Crippen LogP contribution is 2.53. The van der Waals surface area contributed by atoms with Crippen molar-refractivity contribution in [3.05, 3.63) is 11.8 Å². The molecule has 2 saturated carbocycles. The van der Waals surface area contributed by atoms with Crippen LogP contribution in [-0.4, -0.2) is 41.8 Å². The van der Waals surface area contributed by atoms with Crippen LogP contribution in [0, 0.1) is 11.8 Å². The molecule has 19 heavy (non-hydrogen) atoms. The van der Waals surface area contributed by atoms with Gasteiger partial charge >= 0.3 is 0 Å². The van der Waals surface area contributed by atoms with Gasteiger partial charge in [-0.25, -0.2) is 0 Å². The van der Waals surface area contributed by atoms with E-state index in [0.29, 0.717) is 5.78 Å². The predicted octanol–water partition coefficient (Wildman–Crippen LogP) is 1.70. The van der Waals surface area contributed by atoms with Crippen molar-refractivity contribution in [2.45, 2.75) is 51.1 Å². The highest BCUT2D eigenvalue weighted by atomic mass is 16.8. The Morgan fingerprint density at radius 2 is 1.79 bits per heavy atom. The summed E-state index contributed by atoms with van der Waals surface area (Å²) in [5.41, 5.74) is 0.995. The molecule has 2 bridgehead atoms. The molecular formula is C15H21NO3. The normalized spacial score (nSPS) is 45.5. The number of hydrogen-bond donors (Lipinski definition) is 0. The fraction of sp³-hybridized carbons (Fsp3) is 0.800. The van der Waals surface area contributed by atoms with Crippen molar-refractivity contribution in [1.82, 2.24) is 4.90 Å². The van der Waals surface area contributed by atoms with Gasteiger partial charge in [-0.2, -0.15) is 0 Å². The number of ketones is 1. The third-order valence-corrected chi connectivity index (χ3v) is 4.95. The third-order valence-electron chi connectivity index (χ3n) is 4.95. The van der Waals surface area contributed by atoms with Crippen molar-refractivity contribution in [2.24, 2.45) is 11.8 Å². The van der Waals surface area contributed by atoms with E-state index >= 15 is 0 Å². The summed E-state index contributed by atoms with van der Waals surface area (Å²) >= 11 is 0. The standard InChI is InChI=1S/C15H21NO3/c1-15(2)18-13-9-7-10(14(13)19-15)12(17)11(9)8-16-5-3-4-6-16/h8-10,13-14H,3-7H2,1-2H3/b11-8-/t9-,10+,13-,14+/m1/s1. The molecule has 0 unspecified atom stereocenters. The fourth-order valence-electron chi connectivity index (χ4n) is 4.17. The number of fused-ring (bicyclic) bond motifs is 5. The Morgan fingerprint density at radius 3 is 2.47 bits per heavy atom. The first-order valence-corrected chi connectivity index (χ1v) is 7.41. The van der Waals surface area contributed by atoms with E-state index in [2.05, 4.69) is 11.1 Å². The lowest BCUT2D eigenvalue weighted by molar-refractivity contribution is -0.157. The van der Waals surface area contributed by atoms with Crippen LogP contribution >= 0.6 is 0 Å². The highest BCUT2D eigenvalue weighted by molar-refractivity contribution is 6.01. The number of carbonyl (C=O) groups excluding carboxylic acids is 1. The van der Waals surface area contributed by atoms with E-state index in [1.807, 2.05) is 13.8 Å². The smallest absolute Gasteiger partial charge is 0.166 e. The average Bonchev–Trinajstić information content (AvgIpc) is 3.03. The molecule has 0 N–H and O–H groups in total. The second-order valence-electron chi connectivity index (χ2n) is 6.71. The van der Waals surface area contributed by atoms with Crippen molar-refractivity contribution < 1.29 is 14.3 Å². The summed E-state index contributed by atoms with van der Waals surface area (Å²) in [7, 11) is 0. The molecule has 0 spiro atoms. The zero-order chi connectivity index (χ0) is 13.2. The molecule has 4 rings (SSSR count). The molecule has 4 atom stereocenters. The molecule has 4 heteroatoms. The number of rotatable bonds is 1. The SMILES string of the molecule is CC1(C)O[C@@H]2[C@H](O1)[C@@H]1C[C@H]2C(=O)/C1=C\N1CCCC1. The fourth-order valence-corrected chi connectivity index (χ4v) is 4.17. The monoisotopic (exact) mass is 263 g/mol. The Hall–Kier alpha value is -0.870. The number of carbonyl (C=O) groups is 1. The van der Waals surface area contributed by atoms with Gasteiger partial charge in [0.25, 0.3) is 0 Å². The van der Waals surface area contributed by atoms with Gasteiger partial charge in [0, 0.05) is 30.8 Å². The van der Waals surface area contributed by atoms with Crippen LogP contribution in [0.2, 0.25) is 0 Å². The van der Waals surface area contributed by atoms with Crippen molar-refractivity contribution in [2.75, 3.05) is 13.1 Å². The largest absolute Gasteiger partial charge is 0.377 e. The van der Waals surface area contributed by atoms with Crippen LogP contribution in [0.5, 0.6) is 0 Å². The molecule has 0 radical (unpaired) electrons. The first-order chi connectivity index (χ1) is 9.05. The van der Waals surface area contributed by atoms with Gasteiger partial charge in [0.1, 0.15) is 0 Å². The van der Waals surface area contributed by atoms with Crippen LogP contribution in [0.1, 0.15) is 33.1 Å². The molecule has 0 aromatic rings. The maximum absolute atomic E-state index is 12.5. The number of likely N-dealkylation sites (tertiary alicyclic amines) is 1. The van der Waals surface area contributed by atoms with Crippen LogP contribution in [0.15, 0.2) is 11.8 Å². The van der Waals surface area contributed by atoms with Crippen LogP contribution in [-0.2, 0) is 14.3 Å². The Labute approximate surface area is 113 Å². The van der Waals surface area contributed by atoms with E-state index < -0.39 is 5.79 Å². The number of nitrogens with zero attached hydrogens (tertiary/aromatic N) is 1. The summed E-state index contributed by atoms with van der Waals surface area (Å²) in [5, 5.41) is 0. The molecular weight excluding hydrogens is 242 g/mol. The highest BCUT2D eigenvalue weighted by Gasteiger charge is 2.62. The predicted molar refractivity (Wildman–Crippen MR) is 69.3 cm³/mol. The minimum absolute atomic E-state index is 0.0109. The number of ether oxygens (including phenoxy) is 2.